The summed E-state index contributed by atoms with van der Waals surface area (Å²) >= 11 is 0. The Kier molecular flexibility index (Phi) is 4.69. The second kappa shape index (κ2) is 5.83. The number of carbonyl (C=O) groups excluding carboxylic acids is 1. The van der Waals surface area contributed by atoms with Gasteiger partial charge in [0.2, 0.25) is 0 Å². The average molecular weight is 274 g/mol. The lowest BCUT2D eigenvalue weighted by Crippen LogP contribution is -2.15. The molecule has 0 spiro atoms. The fourth-order valence-corrected chi connectivity index (χ4v) is 1.94. The lowest BCUT2D eigenvalue weighted by atomic mass is 10.1. The van der Waals surface area contributed by atoms with Crippen molar-refractivity contribution in [3.63, 3.8) is 0 Å². The first-order valence-electron chi connectivity index (χ1n) is 5.06. The van der Waals surface area contributed by atoms with Crippen LogP contribution in [0.5, 0.6) is 5.75 Å². The number of hydrogen-bond acceptors (Lipinski definition) is 6. The molecule has 1 aromatic carbocycles. The molecule has 6 nitrogen and oxygen atoms in total. The maximum atomic E-state index is 11.2. The first-order chi connectivity index (χ1) is 8.31. The molecule has 1 atom stereocenters. The van der Waals surface area contributed by atoms with E-state index >= 15 is 0 Å². The highest BCUT2D eigenvalue weighted by Crippen LogP contribution is 2.25. The van der Waals surface area contributed by atoms with Gasteiger partial charge in [0, 0.05) is 0 Å². The Labute approximate surface area is 105 Å². The molecule has 0 saturated carbocycles. The molecule has 1 N–H and O–H groups in total. The number of hydrogen-bond donors (Lipinski definition) is 1. The van der Waals surface area contributed by atoms with E-state index < -0.39 is 22.2 Å². The van der Waals surface area contributed by atoms with Crippen LogP contribution in [0, 0.1) is 0 Å². The van der Waals surface area contributed by atoms with Crippen LogP contribution in [0.1, 0.15) is 18.1 Å². The summed E-state index contributed by atoms with van der Waals surface area (Å²) in [5.41, 5.74) is 0.462. The minimum absolute atomic E-state index is 0.0370. The van der Waals surface area contributed by atoms with Crippen LogP contribution in [0.15, 0.2) is 24.3 Å². The molecule has 0 aliphatic heterocycles. The normalized spacial score (nSPS) is 13.0. The van der Waals surface area contributed by atoms with Crippen molar-refractivity contribution in [2.45, 2.75) is 12.5 Å². The van der Waals surface area contributed by atoms with Gasteiger partial charge in [0.25, 0.3) is 10.1 Å². The van der Waals surface area contributed by atoms with E-state index in [1.807, 2.05) is 0 Å². The Hall–Kier alpha value is -1.60. The molecule has 0 radical (unpaired) electrons. The van der Waals surface area contributed by atoms with E-state index in [-0.39, 0.29) is 12.2 Å². The summed E-state index contributed by atoms with van der Waals surface area (Å²) in [5, 5.41) is 9.15. The smallest absolute Gasteiger partial charge is 0.308 e. The number of esters is 1. The second-order valence-electron chi connectivity index (χ2n) is 3.66. The number of phenols is 1. The van der Waals surface area contributed by atoms with Crippen LogP contribution in [0.25, 0.3) is 0 Å². The monoisotopic (exact) mass is 274 g/mol. The van der Waals surface area contributed by atoms with E-state index in [1.165, 1.54) is 31.4 Å². The number of benzene rings is 1. The van der Waals surface area contributed by atoms with Crippen LogP contribution >= 0.6 is 0 Å². The van der Waals surface area contributed by atoms with E-state index in [4.69, 9.17) is 9.29 Å². The number of aromatic hydroxyl groups is 1. The maximum Gasteiger partial charge on any atom is 0.308 e. The third kappa shape index (κ3) is 4.72. The van der Waals surface area contributed by atoms with Gasteiger partial charge in [-0.25, -0.2) is 0 Å². The summed E-state index contributed by atoms with van der Waals surface area (Å²) in [6, 6.07) is 5.72. The average Bonchev–Trinajstić information content (AvgIpc) is 2.27. The molecule has 18 heavy (non-hydrogen) atoms. The van der Waals surface area contributed by atoms with Gasteiger partial charge in [-0.05, 0) is 17.7 Å². The molecule has 7 heteroatoms. The number of carbonyl (C=O) groups is 1. The Balaban J connectivity index is 2.96. The standard InChI is InChI=1S/C11H14O6S/c1-16-11(13)7-10(17-18(2,14)15)8-3-5-9(12)6-4-8/h3-6,10,12H,7H2,1-2H3/t10-/m1/s1. The molecule has 0 bridgehead atoms. The molecule has 0 heterocycles. The lowest BCUT2D eigenvalue weighted by molar-refractivity contribution is -0.142. The Morgan fingerprint density at radius 2 is 1.89 bits per heavy atom. The van der Waals surface area contributed by atoms with Crippen molar-refractivity contribution in [1.82, 2.24) is 0 Å². The van der Waals surface area contributed by atoms with Crippen molar-refractivity contribution in [3.8, 4) is 5.75 Å². The Bertz CT molecular complexity index is 505. The van der Waals surface area contributed by atoms with Gasteiger partial charge in [-0.2, -0.15) is 8.42 Å². The van der Waals surface area contributed by atoms with Gasteiger partial charge in [-0.3, -0.25) is 8.98 Å². The van der Waals surface area contributed by atoms with Crippen LogP contribution in [-0.2, 0) is 23.8 Å². The zero-order chi connectivity index (χ0) is 13.8. The van der Waals surface area contributed by atoms with Gasteiger partial charge in [-0.1, -0.05) is 12.1 Å². The van der Waals surface area contributed by atoms with E-state index in [1.54, 1.807) is 0 Å². The van der Waals surface area contributed by atoms with Crippen LogP contribution < -0.4 is 0 Å². The minimum atomic E-state index is -3.71. The molecule has 0 fully saturated rings. The molecule has 1 aromatic rings. The SMILES string of the molecule is COC(=O)C[C@@H](OS(C)(=O)=O)c1ccc(O)cc1. The van der Waals surface area contributed by atoms with Gasteiger partial charge in [0.15, 0.2) is 0 Å². The number of rotatable bonds is 5. The van der Waals surface area contributed by atoms with Crippen molar-refractivity contribution in [3.05, 3.63) is 29.8 Å². The largest absolute Gasteiger partial charge is 0.508 e. The molecule has 100 valence electrons. The molecule has 0 aliphatic rings. The second-order valence-corrected chi connectivity index (χ2v) is 5.26. The third-order valence-electron chi connectivity index (χ3n) is 2.14. The van der Waals surface area contributed by atoms with Gasteiger partial charge in [0.1, 0.15) is 11.9 Å². The van der Waals surface area contributed by atoms with Crippen LogP contribution in [0.3, 0.4) is 0 Å². The van der Waals surface area contributed by atoms with Crippen molar-refractivity contribution in [1.29, 1.82) is 0 Å². The molecule has 0 aliphatic carbocycles. The fraction of sp³-hybridized carbons (Fsp3) is 0.364. The fourth-order valence-electron chi connectivity index (χ4n) is 1.34. The zero-order valence-corrected chi connectivity index (χ0v) is 10.8. The molecule has 0 amide bonds. The molecular formula is C11H14O6S. The summed E-state index contributed by atoms with van der Waals surface area (Å²) in [7, 11) is -2.50. The first-order valence-corrected chi connectivity index (χ1v) is 6.87. The van der Waals surface area contributed by atoms with E-state index in [2.05, 4.69) is 4.74 Å². The maximum absolute atomic E-state index is 11.2. The third-order valence-corrected chi connectivity index (χ3v) is 2.72. The van der Waals surface area contributed by atoms with E-state index in [0.717, 1.165) is 6.26 Å². The van der Waals surface area contributed by atoms with Crippen LogP contribution in [0.2, 0.25) is 0 Å². The summed E-state index contributed by atoms with van der Waals surface area (Å²) in [5.74, 6) is -0.549. The van der Waals surface area contributed by atoms with Gasteiger partial charge in [0.05, 0.1) is 19.8 Å². The molecular weight excluding hydrogens is 260 g/mol. The summed E-state index contributed by atoms with van der Waals surface area (Å²) in [6.45, 7) is 0. The highest BCUT2D eigenvalue weighted by atomic mass is 32.2. The Morgan fingerprint density at radius 3 is 2.33 bits per heavy atom. The van der Waals surface area contributed by atoms with E-state index in [9.17, 15) is 13.2 Å². The molecule has 0 aromatic heterocycles. The number of methoxy groups -OCH3 is 1. The molecule has 1 rings (SSSR count). The molecule has 0 unspecified atom stereocenters. The van der Waals surface area contributed by atoms with Gasteiger partial charge < -0.3 is 9.84 Å². The van der Waals surface area contributed by atoms with Gasteiger partial charge >= 0.3 is 5.97 Å². The highest BCUT2D eigenvalue weighted by molar-refractivity contribution is 7.86. The van der Waals surface area contributed by atoms with Crippen molar-refractivity contribution >= 4 is 16.1 Å². The summed E-state index contributed by atoms with van der Waals surface area (Å²) < 4.78 is 31.6. The van der Waals surface area contributed by atoms with Crippen molar-refractivity contribution < 1.29 is 27.2 Å². The summed E-state index contributed by atoms with van der Waals surface area (Å²) in [6.07, 6.45) is -0.292. The first kappa shape index (κ1) is 14.5. The quantitative estimate of drug-likeness (QED) is 0.635. The zero-order valence-electron chi connectivity index (χ0n) is 9.99. The number of ether oxygens (including phenoxy) is 1. The Morgan fingerprint density at radius 1 is 1.33 bits per heavy atom. The van der Waals surface area contributed by atoms with Crippen LogP contribution in [-0.4, -0.2) is 32.9 Å². The highest BCUT2D eigenvalue weighted by Gasteiger charge is 2.21. The van der Waals surface area contributed by atoms with Crippen molar-refractivity contribution in [2.75, 3.05) is 13.4 Å². The summed E-state index contributed by atoms with van der Waals surface area (Å²) in [4.78, 5) is 11.2. The minimum Gasteiger partial charge on any atom is -0.508 e. The van der Waals surface area contributed by atoms with E-state index in [0.29, 0.717) is 5.56 Å². The van der Waals surface area contributed by atoms with Crippen molar-refractivity contribution in [2.24, 2.45) is 0 Å². The molecule has 0 saturated heterocycles. The lowest BCUT2D eigenvalue weighted by Gasteiger charge is -2.15. The van der Waals surface area contributed by atoms with Gasteiger partial charge in [-0.15, -0.1) is 0 Å². The van der Waals surface area contributed by atoms with Crippen LogP contribution in [0.4, 0.5) is 0 Å². The predicted molar refractivity (Wildman–Crippen MR) is 63.4 cm³/mol. The topological polar surface area (TPSA) is 89.9 Å². The predicted octanol–water partition coefficient (Wildman–Crippen LogP) is 0.973. The number of phenolic OH excluding ortho intramolecular Hbond substituents is 1.